The van der Waals surface area contributed by atoms with Crippen LogP contribution in [-0.2, 0) is 11.2 Å². The first-order valence-corrected chi connectivity index (χ1v) is 11.8. The third-order valence-corrected chi connectivity index (χ3v) is 7.02. The SMILES string of the molecule is Cc1nc(N2CCC(CCN3CCOCC3)CC2)c2c(CC(C)C)csc2n1. The van der Waals surface area contributed by atoms with Crippen LogP contribution in [0.2, 0.25) is 0 Å². The van der Waals surface area contributed by atoms with E-state index in [1.807, 2.05) is 6.92 Å². The fraction of sp³-hybridized carbons (Fsp3) is 0.727. The maximum Gasteiger partial charge on any atom is 0.141 e. The van der Waals surface area contributed by atoms with E-state index >= 15 is 0 Å². The summed E-state index contributed by atoms with van der Waals surface area (Å²) in [5.74, 6) is 3.58. The second-order valence-electron chi connectivity index (χ2n) is 8.81. The van der Waals surface area contributed by atoms with Crippen LogP contribution in [0.25, 0.3) is 10.2 Å². The third kappa shape index (κ3) is 4.66. The topological polar surface area (TPSA) is 41.5 Å². The normalized spacial score (nSPS) is 19.8. The van der Waals surface area contributed by atoms with Gasteiger partial charge in [0.2, 0.25) is 0 Å². The molecule has 4 rings (SSSR count). The molecule has 2 aromatic heterocycles. The standard InChI is InChI=1S/C22H34N4OS/c1-16(2)14-19-15-28-22-20(19)21(23-17(3)24-22)26-8-5-18(6-9-26)4-7-25-10-12-27-13-11-25/h15-16,18H,4-14H2,1-3H3. The van der Waals surface area contributed by atoms with Crippen LogP contribution in [-0.4, -0.2) is 60.8 Å². The number of thiophene rings is 1. The third-order valence-electron chi connectivity index (χ3n) is 6.10. The Labute approximate surface area is 173 Å². The van der Waals surface area contributed by atoms with Gasteiger partial charge in [0.15, 0.2) is 0 Å². The molecular weight excluding hydrogens is 368 g/mol. The fourth-order valence-electron chi connectivity index (χ4n) is 4.53. The zero-order chi connectivity index (χ0) is 19.5. The van der Waals surface area contributed by atoms with Gasteiger partial charge in [0.1, 0.15) is 16.5 Å². The van der Waals surface area contributed by atoms with Gasteiger partial charge in [0.05, 0.1) is 18.6 Å². The molecule has 0 saturated carbocycles. The van der Waals surface area contributed by atoms with Gasteiger partial charge >= 0.3 is 0 Å². The zero-order valence-corrected chi connectivity index (χ0v) is 18.4. The van der Waals surface area contributed by atoms with E-state index in [-0.39, 0.29) is 0 Å². The van der Waals surface area contributed by atoms with Crippen molar-refractivity contribution in [1.29, 1.82) is 0 Å². The number of aromatic nitrogens is 2. The highest BCUT2D eigenvalue weighted by Crippen LogP contribution is 2.35. The van der Waals surface area contributed by atoms with Crippen molar-refractivity contribution in [3.8, 4) is 0 Å². The first-order chi connectivity index (χ1) is 13.6. The number of fused-ring (bicyclic) bond motifs is 1. The summed E-state index contributed by atoms with van der Waals surface area (Å²) < 4.78 is 5.47. The van der Waals surface area contributed by atoms with E-state index in [9.17, 15) is 0 Å². The van der Waals surface area contributed by atoms with E-state index in [4.69, 9.17) is 14.7 Å². The van der Waals surface area contributed by atoms with Crippen molar-refractivity contribution in [3.63, 3.8) is 0 Å². The summed E-state index contributed by atoms with van der Waals surface area (Å²) >= 11 is 1.78. The van der Waals surface area contributed by atoms with Gasteiger partial charge in [-0.1, -0.05) is 13.8 Å². The molecule has 28 heavy (non-hydrogen) atoms. The minimum atomic E-state index is 0.651. The van der Waals surface area contributed by atoms with Crippen LogP contribution in [0.1, 0.15) is 44.5 Å². The van der Waals surface area contributed by atoms with Crippen molar-refractivity contribution in [3.05, 3.63) is 16.8 Å². The molecule has 0 radical (unpaired) electrons. The van der Waals surface area contributed by atoms with Crippen LogP contribution in [0.15, 0.2) is 5.38 Å². The zero-order valence-electron chi connectivity index (χ0n) is 17.6. The van der Waals surface area contributed by atoms with Crippen LogP contribution in [0.4, 0.5) is 5.82 Å². The lowest BCUT2D eigenvalue weighted by molar-refractivity contribution is 0.0349. The maximum absolute atomic E-state index is 5.47. The molecule has 2 fully saturated rings. The summed E-state index contributed by atoms with van der Waals surface area (Å²) in [6.07, 6.45) is 4.98. The van der Waals surface area contributed by atoms with Crippen LogP contribution < -0.4 is 4.90 Å². The van der Waals surface area contributed by atoms with Gasteiger partial charge in [0.25, 0.3) is 0 Å². The highest BCUT2D eigenvalue weighted by atomic mass is 32.1. The molecule has 6 heteroatoms. The van der Waals surface area contributed by atoms with E-state index in [2.05, 4.69) is 29.0 Å². The second kappa shape index (κ2) is 9.06. The summed E-state index contributed by atoms with van der Waals surface area (Å²) in [6.45, 7) is 14.1. The molecule has 2 aliphatic rings. The van der Waals surface area contributed by atoms with Gasteiger partial charge in [-0.05, 0) is 61.9 Å². The Morgan fingerprint density at radius 2 is 1.89 bits per heavy atom. The predicted octanol–water partition coefficient (Wildman–Crippen LogP) is 4.14. The van der Waals surface area contributed by atoms with Crippen LogP contribution >= 0.6 is 11.3 Å². The summed E-state index contributed by atoms with van der Waals surface area (Å²) in [5, 5.41) is 3.62. The number of ether oxygens (including phenoxy) is 1. The maximum atomic E-state index is 5.47. The lowest BCUT2D eigenvalue weighted by Crippen LogP contribution is -2.39. The lowest BCUT2D eigenvalue weighted by atomic mass is 9.93. The van der Waals surface area contributed by atoms with Crippen LogP contribution in [0.3, 0.4) is 0 Å². The Bertz CT molecular complexity index is 776. The molecule has 2 saturated heterocycles. The van der Waals surface area contributed by atoms with E-state index in [0.29, 0.717) is 5.92 Å². The molecule has 5 nitrogen and oxygen atoms in total. The molecule has 0 aromatic carbocycles. The smallest absolute Gasteiger partial charge is 0.141 e. The fourth-order valence-corrected chi connectivity index (χ4v) is 5.52. The first-order valence-electron chi connectivity index (χ1n) is 10.9. The number of anilines is 1. The molecule has 2 aromatic rings. The molecular formula is C22H34N4OS. The Kier molecular flexibility index (Phi) is 6.48. The first kappa shape index (κ1) is 20.0. The molecule has 0 unspecified atom stereocenters. The molecule has 0 aliphatic carbocycles. The van der Waals surface area contributed by atoms with Gasteiger partial charge in [-0.15, -0.1) is 11.3 Å². The number of piperidine rings is 1. The second-order valence-corrected chi connectivity index (χ2v) is 9.66. The van der Waals surface area contributed by atoms with Crippen molar-refractivity contribution in [2.75, 3.05) is 50.8 Å². The molecule has 0 bridgehead atoms. The average molecular weight is 403 g/mol. The number of aryl methyl sites for hydroxylation is 1. The van der Waals surface area contributed by atoms with Gasteiger partial charge in [-0.25, -0.2) is 9.97 Å². The van der Waals surface area contributed by atoms with Crippen LogP contribution in [0.5, 0.6) is 0 Å². The van der Waals surface area contributed by atoms with E-state index in [1.165, 1.54) is 42.6 Å². The van der Waals surface area contributed by atoms with Gasteiger partial charge < -0.3 is 9.64 Å². The molecule has 154 valence electrons. The highest BCUT2D eigenvalue weighted by Gasteiger charge is 2.24. The van der Waals surface area contributed by atoms with Crippen molar-refractivity contribution in [1.82, 2.24) is 14.9 Å². The number of morpholine rings is 1. The number of hydrogen-bond acceptors (Lipinski definition) is 6. The molecule has 0 atom stereocenters. The van der Waals surface area contributed by atoms with Crippen molar-refractivity contribution in [2.45, 2.75) is 46.5 Å². The summed E-state index contributed by atoms with van der Waals surface area (Å²) in [4.78, 5) is 15.9. The van der Waals surface area contributed by atoms with E-state index in [1.54, 1.807) is 11.3 Å². The largest absolute Gasteiger partial charge is 0.379 e. The minimum Gasteiger partial charge on any atom is -0.379 e. The van der Waals surface area contributed by atoms with Gasteiger partial charge in [-0.3, -0.25) is 4.90 Å². The summed E-state index contributed by atoms with van der Waals surface area (Å²) in [7, 11) is 0. The lowest BCUT2D eigenvalue weighted by Gasteiger charge is -2.35. The molecule has 4 heterocycles. The Balaban J connectivity index is 1.42. The van der Waals surface area contributed by atoms with Crippen molar-refractivity contribution < 1.29 is 4.74 Å². The van der Waals surface area contributed by atoms with Gasteiger partial charge in [-0.2, -0.15) is 0 Å². The van der Waals surface area contributed by atoms with Crippen molar-refractivity contribution >= 4 is 27.4 Å². The average Bonchev–Trinajstić information content (AvgIpc) is 3.09. The molecule has 0 spiro atoms. The van der Waals surface area contributed by atoms with E-state index in [0.717, 1.165) is 62.4 Å². The number of rotatable bonds is 6. The molecule has 0 amide bonds. The Morgan fingerprint density at radius 1 is 1.14 bits per heavy atom. The highest BCUT2D eigenvalue weighted by molar-refractivity contribution is 7.17. The monoisotopic (exact) mass is 402 g/mol. The summed E-state index contributed by atoms with van der Waals surface area (Å²) in [6, 6.07) is 0. The number of hydrogen-bond donors (Lipinski definition) is 0. The van der Waals surface area contributed by atoms with Crippen LogP contribution in [0, 0.1) is 18.8 Å². The number of nitrogens with zero attached hydrogens (tertiary/aromatic N) is 4. The van der Waals surface area contributed by atoms with Gasteiger partial charge in [0, 0.05) is 26.2 Å². The molecule has 0 N–H and O–H groups in total. The summed E-state index contributed by atoms with van der Waals surface area (Å²) in [5.41, 5.74) is 1.43. The predicted molar refractivity (Wildman–Crippen MR) is 118 cm³/mol. The Morgan fingerprint density at radius 3 is 2.61 bits per heavy atom. The molecule has 2 aliphatic heterocycles. The van der Waals surface area contributed by atoms with Crippen molar-refractivity contribution in [2.24, 2.45) is 11.8 Å². The minimum absolute atomic E-state index is 0.651. The quantitative estimate of drug-likeness (QED) is 0.726. The Hall–Kier alpha value is -1.24. The van der Waals surface area contributed by atoms with E-state index < -0.39 is 0 Å².